The second-order valence-electron chi connectivity index (χ2n) is 7.28. The van der Waals surface area contributed by atoms with Crippen molar-refractivity contribution in [1.82, 2.24) is 4.31 Å². The van der Waals surface area contributed by atoms with Crippen LogP contribution in [0.5, 0.6) is 5.75 Å². The highest BCUT2D eigenvalue weighted by molar-refractivity contribution is 7.89. The van der Waals surface area contributed by atoms with E-state index >= 15 is 0 Å². The molecule has 1 heterocycles. The molecule has 2 aromatic rings. The Morgan fingerprint density at radius 2 is 1.83 bits per heavy atom. The number of hydrogen-bond acceptors (Lipinski definition) is 4. The van der Waals surface area contributed by atoms with Crippen molar-refractivity contribution in [3.8, 4) is 5.75 Å². The number of benzene rings is 2. The number of nitrogens with one attached hydrogen (secondary N) is 1. The molecule has 0 aromatic heterocycles. The average Bonchev–Trinajstić information content (AvgIpc) is 2.70. The Labute approximate surface area is 176 Å². The molecule has 3 rings (SSSR count). The van der Waals surface area contributed by atoms with Crippen molar-refractivity contribution in [2.75, 3.05) is 25.5 Å². The number of rotatable bonds is 5. The van der Waals surface area contributed by atoms with Crippen molar-refractivity contribution in [3.05, 3.63) is 52.5 Å². The fourth-order valence-corrected chi connectivity index (χ4v) is 5.32. The van der Waals surface area contributed by atoms with Crippen LogP contribution in [0.15, 0.2) is 41.3 Å². The van der Waals surface area contributed by atoms with Gasteiger partial charge in [-0.2, -0.15) is 4.31 Å². The predicted octanol–water partition coefficient (Wildman–Crippen LogP) is 4.00. The van der Waals surface area contributed by atoms with Crippen LogP contribution in [0.1, 0.15) is 24.0 Å². The number of anilines is 1. The number of halogens is 1. The summed E-state index contributed by atoms with van der Waals surface area (Å²) in [6.45, 7) is 4.54. The summed E-state index contributed by atoms with van der Waals surface area (Å²) in [4.78, 5) is 12.8. The van der Waals surface area contributed by atoms with Gasteiger partial charge in [0.1, 0.15) is 5.75 Å². The highest BCUT2D eigenvalue weighted by Crippen LogP contribution is 2.30. The summed E-state index contributed by atoms with van der Waals surface area (Å²) in [5, 5.41) is 3.22. The first-order valence-corrected chi connectivity index (χ1v) is 11.3. The van der Waals surface area contributed by atoms with Crippen LogP contribution in [-0.4, -0.2) is 38.8 Å². The molecule has 156 valence electrons. The van der Waals surface area contributed by atoms with Gasteiger partial charge in [-0.15, -0.1) is 0 Å². The van der Waals surface area contributed by atoms with E-state index in [1.807, 2.05) is 32.0 Å². The van der Waals surface area contributed by atoms with Crippen LogP contribution >= 0.6 is 11.6 Å². The van der Waals surface area contributed by atoms with E-state index < -0.39 is 10.0 Å². The van der Waals surface area contributed by atoms with Crippen LogP contribution < -0.4 is 10.1 Å². The third kappa shape index (κ3) is 4.74. The number of nitrogens with zero attached hydrogens (tertiary/aromatic N) is 1. The van der Waals surface area contributed by atoms with Crippen molar-refractivity contribution in [2.24, 2.45) is 5.92 Å². The number of carbonyl (C=O) groups is 1. The van der Waals surface area contributed by atoms with Gasteiger partial charge in [0.2, 0.25) is 15.9 Å². The molecule has 1 aliphatic rings. The van der Waals surface area contributed by atoms with Crippen LogP contribution in [0.25, 0.3) is 0 Å². The Morgan fingerprint density at radius 1 is 1.14 bits per heavy atom. The van der Waals surface area contributed by atoms with E-state index in [0.717, 1.165) is 16.8 Å². The maximum absolute atomic E-state index is 12.9. The number of sulfonamides is 1. The lowest BCUT2D eigenvalue weighted by Gasteiger charge is -2.30. The highest BCUT2D eigenvalue weighted by Gasteiger charge is 2.32. The van der Waals surface area contributed by atoms with E-state index in [4.69, 9.17) is 16.3 Å². The van der Waals surface area contributed by atoms with Gasteiger partial charge in [-0.05, 0) is 56.5 Å². The number of ether oxygens (including phenoxy) is 1. The number of methoxy groups -OCH3 is 1. The molecule has 0 aliphatic carbocycles. The van der Waals surface area contributed by atoms with Crippen LogP contribution in [0.3, 0.4) is 0 Å². The Balaban J connectivity index is 1.65. The number of hydrogen-bond donors (Lipinski definition) is 1. The lowest BCUT2D eigenvalue weighted by Crippen LogP contribution is -2.41. The van der Waals surface area contributed by atoms with Gasteiger partial charge in [-0.3, -0.25) is 4.79 Å². The van der Waals surface area contributed by atoms with Crippen LogP contribution in [0.2, 0.25) is 5.02 Å². The molecule has 8 heteroatoms. The molecule has 1 saturated heterocycles. The molecular weight excluding hydrogens is 412 g/mol. The van der Waals surface area contributed by atoms with Gasteiger partial charge >= 0.3 is 0 Å². The first kappa shape index (κ1) is 21.6. The molecule has 1 fully saturated rings. The summed E-state index contributed by atoms with van der Waals surface area (Å²) in [5.41, 5.74) is 2.94. The summed E-state index contributed by atoms with van der Waals surface area (Å²) < 4.78 is 32.3. The highest BCUT2D eigenvalue weighted by atomic mass is 35.5. The number of carbonyl (C=O) groups excluding carboxylic acids is 1. The molecule has 1 aliphatic heterocycles. The van der Waals surface area contributed by atoms with E-state index in [0.29, 0.717) is 18.6 Å². The Kier molecular flexibility index (Phi) is 6.51. The first-order chi connectivity index (χ1) is 13.7. The SMILES string of the molecule is COc1ccc(S(=O)(=O)N2CCC(C(=O)Nc3ccc(C)cc3C)CC2)cc1Cl. The van der Waals surface area contributed by atoms with E-state index in [-0.39, 0.29) is 34.8 Å². The van der Waals surface area contributed by atoms with Crippen LogP contribution in [0.4, 0.5) is 5.69 Å². The Hall–Kier alpha value is -2.09. The molecule has 29 heavy (non-hydrogen) atoms. The quantitative estimate of drug-likeness (QED) is 0.768. The lowest BCUT2D eigenvalue weighted by atomic mass is 9.97. The monoisotopic (exact) mass is 436 g/mol. The van der Waals surface area contributed by atoms with Crippen molar-refractivity contribution >= 4 is 33.2 Å². The van der Waals surface area contributed by atoms with Crippen molar-refractivity contribution in [3.63, 3.8) is 0 Å². The van der Waals surface area contributed by atoms with E-state index in [1.165, 1.54) is 23.5 Å². The average molecular weight is 437 g/mol. The minimum Gasteiger partial charge on any atom is -0.495 e. The first-order valence-electron chi connectivity index (χ1n) is 9.44. The maximum Gasteiger partial charge on any atom is 0.243 e. The van der Waals surface area contributed by atoms with Gasteiger partial charge in [0.05, 0.1) is 17.0 Å². The molecule has 1 N–H and O–H groups in total. The molecule has 2 aromatic carbocycles. The van der Waals surface area contributed by atoms with Gasteiger partial charge < -0.3 is 10.1 Å². The standard InChI is InChI=1S/C21H25ClN2O4S/c1-14-4-6-19(15(2)12-14)23-21(25)16-8-10-24(11-9-16)29(26,27)17-5-7-20(28-3)18(22)13-17/h4-7,12-13,16H,8-11H2,1-3H3,(H,23,25). The molecule has 0 saturated carbocycles. The number of amides is 1. The normalized spacial score (nSPS) is 15.9. The van der Waals surface area contributed by atoms with E-state index in [9.17, 15) is 13.2 Å². The van der Waals surface area contributed by atoms with Crippen LogP contribution in [0, 0.1) is 19.8 Å². The zero-order chi connectivity index (χ0) is 21.2. The predicted molar refractivity (Wildman–Crippen MR) is 114 cm³/mol. The van der Waals surface area contributed by atoms with Gasteiger partial charge in [-0.25, -0.2) is 8.42 Å². The third-order valence-corrected chi connectivity index (χ3v) is 7.42. The van der Waals surface area contributed by atoms with Crippen molar-refractivity contribution in [2.45, 2.75) is 31.6 Å². The minimum atomic E-state index is -3.67. The zero-order valence-electron chi connectivity index (χ0n) is 16.7. The Bertz CT molecular complexity index is 1020. The topological polar surface area (TPSA) is 75.7 Å². The number of piperidine rings is 1. The van der Waals surface area contributed by atoms with Crippen LogP contribution in [-0.2, 0) is 14.8 Å². The second kappa shape index (κ2) is 8.73. The molecule has 6 nitrogen and oxygen atoms in total. The molecular formula is C21H25ClN2O4S. The molecule has 0 unspecified atom stereocenters. The zero-order valence-corrected chi connectivity index (χ0v) is 18.3. The van der Waals surface area contributed by atoms with Crippen molar-refractivity contribution in [1.29, 1.82) is 0 Å². The lowest BCUT2D eigenvalue weighted by molar-refractivity contribution is -0.120. The maximum atomic E-state index is 12.9. The van der Waals surface area contributed by atoms with Gasteiger partial charge in [0.25, 0.3) is 0 Å². The summed E-state index contributed by atoms with van der Waals surface area (Å²) in [5.74, 6) is 0.135. The molecule has 0 spiro atoms. The summed E-state index contributed by atoms with van der Waals surface area (Å²) >= 11 is 6.08. The molecule has 0 bridgehead atoms. The largest absolute Gasteiger partial charge is 0.495 e. The fourth-order valence-electron chi connectivity index (χ4n) is 3.50. The van der Waals surface area contributed by atoms with E-state index in [2.05, 4.69) is 5.32 Å². The summed E-state index contributed by atoms with van der Waals surface area (Å²) in [6.07, 6.45) is 0.944. The third-order valence-electron chi connectivity index (χ3n) is 5.23. The van der Waals surface area contributed by atoms with Gasteiger partial charge in [0, 0.05) is 24.7 Å². The number of aryl methyl sites for hydroxylation is 2. The minimum absolute atomic E-state index is 0.0681. The van der Waals surface area contributed by atoms with Gasteiger partial charge in [0.15, 0.2) is 0 Å². The summed E-state index contributed by atoms with van der Waals surface area (Å²) in [6, 6.07) is 10.3. The van der Waals surface area contributed by atoms with E-state index in [1.54, 1.807) is 6.07 Å². The fraction of sp³-hybridized carbons (Fsp3) is 0.381. The summed E-state index contributed by atoms with van der Waals surface area (Å²) in [7, 11) is -2.19. The van der Waals surface area contributed by atoms with Crippen molar-refractivity contribution < 1.29 is 17.9 Å². The van der Waals surface area contributed by atoms with Gasteiger partial charge in [-0.1, -0.05) is 29.3 Å². The Morgan fingerprint density at radius 3 is 2.41 bits per heavy atom. The molecule has 0 atom stereocenters. The second-order valence-corrected chi connectivity index (χ2v) is 9.63. The molecule has 0 radical (unpaired) electrons. The smallest absolute Gasteiger partial charge is 0.243 e. The molecule has 1 amide bonds.